The molecule has 3 nitrogen and oxygen atoms in total. The van der Waals surface area contributed by atoms with Crippen molar-refractivity contribution in [1.82, 2.24) is 0 Å². The Morgan fingerprint density at radius 1 is 1.45 bits per heavy atom. The molecule has 0 aliphatic rings. The van der Waals surface area contributed by atoms with Gasteiger partial charge in [-0.1, -0.05) is 0 Å². The number of nitriles is 2. The smallest absolute Gasteiger partial charge is 0.145 e. The predicted octanol–water partition coefficient (Wildman–Crippen LogP) is 1.69. The van der Waals surface area contributed by atoms with Crippen molar-refractivity contribution in [2.45, 2.75) is 0 Å². The highest BCUT2D eigenvalue weighted by Gasteiger charge is 1.99. The molecule has 0 saturated carbocycles. The molecule has 1 aromatic rings. The van der Waals surface area contributed by atoms with Gasteiger partial charge in [0.05, 0.1) is 17.9 Å². The van der Waals surface area contributed by atoms with Crippen LogP contribution in [0.2, 0.25) is 0 Å². The summed E-state index contributed by atoms with van der Waals surface area (Å²) in [7, 11) is 0. The second-order valence-electron chi connectivity index (χ2n) is 1.77. The summed E-state index contributed by atoms with van der Waals surface area (Å²) in [6, 6.07) is 5.29. The van der Waals surface area contributed by atoms with E-state index >= 15 is 0 Å². The first-order valence-electron chi connectivity index (χ1n) is 2.92. The van der Waals surface area contributed by atoms with Crippen LogP contribution in [0, 0.1) is 22.7 Å². The molecule has 0 aliphatic heterocycles. The number of nitrogens with zero attached hydrogens (tertiary/aromatic N) is 2. The van der Waals surface area contributed by atoms with E-state index in [1.807, 2.05) is 12.1 Å². The largest absolute Gasteiger partial charge is 0.464 e. The monoisotopic (exact) mass is 144 g/mol. The summed E-state index contributed by atoms with van der Waals surface area (Å²) >= 11 is 0. The highest BCUT2D eigenvalue weighted by molar-refractivity contribution is 5.53. The normalized spacial score (nSPS) is 9.27. The molecule has 0 radical (unpaired) electrons. The zero-order valence-corrected chi connectivity index (χ0v) is 5.61. The van der Waals surface area contributed by atoms with Gasteiger partial charge in [0.1, 0.15) is 11.8 Å². The van der Waals surface area contributed by atoms with Crippen molar-refractivity contribution in [3.05, 3.63) is 29.7 Å². The van der Waals surface area contributed by atoms with Gasteiger partial charge >= 0.3 is 0 Å². The van der Waals surface area contributed by atoms with Gasteiger partial charge in [0, 0.05) is 6.08 Å². The van der Waals surface area contributed by atoms with Crippen LogP contribution >= 0.6 is 0 Å². The number of furan rings is 1. The lowest BCUT2D eigenvalue weighted by molar-refractivity contribution is 0.556. The summed E-state index contributed by atoms with van der Waals surface area (Å²) in [6.45, 7) is 0. The minimum atomic E-state index is 0.425. The lowest BCUT2D eigenvalue weighted by Gasteiger charge is -1.81. The van der Waals surface area contributed by atoms with Gasteiger partial charge in [-0.3, -0.25) is 0 Å². The van der Waals surface area contributed by atoms with E-state index in [2.05, 4.69) is 0 Å². The molecular weight excluding hydrogens is 140 g/mol. The minimum Gasteiger partial charge on any atom is -0.464 e. The molecule has 0 spiro atoms. The van der Waals surface area contributed by atoms with Crippen molar-refractivity contribution in [1.29, 1.82) is 10.5 Å². The first-order chi connectivity index (χ1) is 5.38. The number of hydrogen-bond acceptors (Lipinski definition) is 3. The lowest BCUT2D eigenvalue weighted by atomic mass is 10.2. The summed E-state index contributed by atoms with van der Waals surface area (Å²) in [5, 5.41) is 16.6. The maximum absolute atomic E-state index is 8.48. The molecule has 0 N–H and O–H groups in total. The molecule has 1 rings (SSSR count). The SMILES string of the molecule is N#C/C=C\c1occc1C#N. The fourth-order valence-corrected chi connectivity index (χ4v) is 0.655. The summed E-state index contributed by atoms with van der Waals surface area (Å²) in [6.07, 6.45) is 4.13. The molecule has 3 heteroatoms. The van der Waals surface area contributed by atoms with E-state index in [1.165, 1.54) is 18.4 Å². The molecule has 0 saturated heterocycles. The minimum absolute atomic E-state index is 0.425. The Morgan fingerprint density at radius 2 is 2.27 bits per heavy atom. The summed E-state index contributed by atoms with van der Waals surface area (Å²) in [4.78, 5) is 0. The van der Waals surface area contributed by atoms with Gasteiger partial charge in [0.15, 0.2) is 0 Å². The summed E-state index contributed by atoms with van der Waals surface area (Å²) in [5.41, 5.74) is 0.441. The van der Waals surface area contributed by atoms with E-state index in [-0.39, 0.29) is 0 Å². The molecule has 1 aromatic heterocycles. The van der Waals surface area contributed by atoms with Gasteiger partial charge in [-0.2, -0.15) is 10.5 Å². The Labute approximate surface area is 63.8 Å². The van der Waals surface area contributed by atoms with E-state index in [1.54, 1.807) is 6.07 Å². The quantitative estimate of drug-likeness (QED) is 0.563. The average molecular weight is 144 g/mol. The third-order valence-electron chi connectivity index (χ3n) is 1.12. The van der Waals surface area contributed by atoms with E-state index in [0.29, 0.717) is 11.3 Å². The van der Waals surface area contributed by atoms with Crippen molar-refractivity contribution in [3.8, 4) is 12.1 Å². The molecule has 11 heavy (non-hydrogen) atoms. The maximum Gasteiger partial charge on any atom is 0.145 e. The zero-order chi connectivity index (χ0) is 8.10. The van der Waals surface area contributed by atoms with Crippen molar-refractivity contribution >= 4 is 6.08 Å². The van der Waals surface area contributed by atoms with Crippen molar-refractivity contribution < 1.29 is 4.42 Å². The second-order valence-corrected chi connectivity index (χ2v) is 1.77. The molecule has 1 heterocycles. The molecule has 0 fully saturated rings. The van der Waals surface area contributed by atoms with Crippen molar-refractivity contribution in [2.75, 3.05) is 0 Å². The van der Waals surface area contributed by atoms with Crippen LogP contribution in [0.5, 0.6) is 0 Å². The molecule has 52 valence electrons. The molecule has 0 aliphatic carbocycles. The number of rotatable bonds is 1. The van der Waals surface area contributed by atoms with Crippen molar-refractivity contribution in [2.24, 2.45) is 0 Å². The van der Waals surface area contributed by atoms with Gasteiger partial charge in [-0.15, -0.1) is 0 Å². The van der Waals surface area contributed by atoms with Crippen LogP contribution in [0.15, 0.2) is 22.8 Å². The van der Waals surface area contributed by atoms with Gasteiger partial charge in [0.2, 0.25) is 0 Å². The van der Waals surface area contributed by atoms with Gasteiger partial charge in [-0.05, 0) is 12.1 Å². The van der Waals surface area contributed by atoms with Gasteiger partial charge in [-0.25, -0.2) is 0 Å². The standard InChI is InChI=1S/C8H4N2O/c9-4-1-2-8-7(6-10)3-5-11-8/h1-3,5H/b2-1-. The topological polar surface area (TPSA) is 60.7 Å². The Bertz CT molecular complexity index is 349. The number of allylic oxidation sites excluding steroid dienone is 1. The Balaban J connectivity index is 2.98. The second kappa shape index (κ2) is 3.24. The van der Waals surface area contributed by atoms with Crippen LogP contribution in [-0.2, 0) is 0 Å². The van der Waals surface area contributed by atoms with E-state index in [0.717, 1.165) is 0 Å². The fraction of sp³-hybridized carbons (Fsp3) is 0. The van der Waals surface area contributed by atoms with E-state index < -0.39 is 0 Å². The third-order valence-corrected chi connectivity index (χ3v) is 1.12. The first-order valence-corrected chi connectivity index (χ1v) is 2.92. The summed E-state index contributed by atoms with van der Waals surface area (Å²) in [5.74, 6) is 0.425. The van der Waals surface area contributed by atoms with Crippen LogP contribution in [-0.4, -0.2) is 0 Å². The average Bonchev–Trinajstić information content (AvgIpc) is 2.47. The Kier molecular flexibility index (Phi) is 2.09. The first kappa shape index (κ1) is 7.11. The Hall–Kier alpha value is -2.00. The van der Waals surface area contributed by atoms with Crippen LogP contribution in [0.25, 0.3) is 6.08 Å². The molecular formula is C8H4N2O. The van der Waals surface area contributed by atoms with Gasteiger partial charge in [0.25, 0.3) is 0 Å². The van der Waals surface area contributed by atoms with Crippen molar-refractivity contribution in [3.63, 3.8) is 0 Å². The van der Waals surface area contributed by atoms with Crippen LogP contribution in [0.1, 0.15) is 11.3 Å². The van der Waals surface area contributed by atoms with Crippen LogP contribution in [0.3, 0.4) is 0 Å². The summed E-state index contributed by atoms with van der Waals surface area (Å²) < 4.78 is 4.90. The van der Waals surface area contributed by atoms with E-state index in [4.69, 9.17) is 14.9 Å². The van der Waals surface area contributed by atoms with E-state index in [9.17, 15) is 0 Å². The molecule has 0 aromatic carbocycles. The highest BCUT2D eigenvalue weighted by atomic mass is 16.3. The molecule has 0 atom stereocenters. The third kappa shape index (κ3) is 1.47. The highest BCUT2D eigenvalue weighted by Crippen LogP contribution is 2.10. The predicted molar refractivity (Wildman–Crippen MR) is 38.1 cm³/mol. The van der Waals surface area contributed by atoms with Gasteiger partial charge < -0.3 is 4.42 Å². The molecule has 0 unspecified atom stereocenters. The zero-order valence-electron chi connectivity index (χ0n) is 5.61. The number of hydrogen-bond donors (Lipinski definition) is 0. The fourth-order valence-electron chi connectivity index (χ4n) is 0.655. The Morgan fingerprint density at radius 3 is 2.91 bits per heavy atom. The van der Waals surface area contributed by atoms with Crippen LogP contribution in [0.4, 0.5) is 0 Å². The maximum atomic E-state index is 8.48. The lowest BCUT2D eigenvalue weighted by Crippen LogP contribution is -1.70. The molecule has 0 amide bonds. The molecule has 0 bridgehead atoms. The van der Waals surface area contributed by atoms with Crippen LogP contribution < -0.4 is 0 Å².